The lowest BCUT2D eigenvalue weighted by Crippen LogP contribution is -2.38. The summed E-state index contributed by atoms with van der Waals surface area (Å²) in [6, 6.07) is 6.34. The van der Waals surface area contributed by atoms with Crippen LogP contribution in [0.2, 0.25) is 0 Å². The molecule has 2 saturated heterocycles. The van der Waals surface area contributed by atoms with Gasteiger partial charge in [-0.05, 0) is 24.6 Å². The Morgan fingerprint density at radius 1 is 1.04 bits per heavy atom. The van der Waals surface area contributed by atoms with Crippen molar-refractivity contribution in [2.45, 2.75) is 26.2 Å². The molecule has 6 nitrogen and oxygen atoms in total. The Kier molecular flexibility index (Phi) is 6.53. The molecular formula is C19H29N3O3. The number of amides is 1. The monoisotopic (exact) mass is 347 g/mol. The summed E-state index contributed by atoms with van der Waals surface area (Å²) in [7, 11) is 0. The van der Waals surface area contributed by atoms with Crippen molar-refractivity contribution in [1.82, 2.24) is 0 Å². The maximum atomic E-state index is 12.2. The molecule has 0 spiro atoms. The topological polar surface area (TPSA) is 54.0 Å². The van der Waals surface area contributed by atoms with Crippen LogP contribution in [0.4, 0.5) is 17.1 Å². The van der Waals surface area contributed by atoms with E-state index in [1.165, 1.54) is 5.69 Å². The van der Waals surface area contributed by atoms with Crippen LogP contribution in [0.3, 0.4) is 0 Å². The van der Waals surface area contributed by atoms with Crippen LogP contribution in [0.15, 0.2) is 18.2 Å². The highest BCUT2D eigenvalue weighted by Gasteiger charge is 2.19. The summed E-state index contributed by atoms with van der Waals surface area (Å²) in [5, 5.41) is 3.11. The largest absolute Gasteiger partial charge is 0.378 e. The SMILES string of the molecule is CCCCC(=O)Nc1ccc(N2CCOCC2)cc1N1CCOCC1. The molecule has 2 fully saturated rings. The first kappa shape index (κ1) is 18.0. The maximum absolute atomic E-state index is 12.2. The average Bonchev–Trinajstić information content (AvgIpc) is 2.68. The van der Waals surface area contributed by atoms with Crippen LogP contribution in [0.1, 0.15) is 26.2 Å². The van der Waals surface area contributed by atoms with Gasteiger partial charge in [-0.1, -0.05) is 13.3 Å². The Morgan fingerprint density at radius 2 is 1.68 bits per heavy atom. The first-order valence-corrected chi connectivity index (χ1v) is 9.37. The lowest BCUT2D eigenvalue weighted by molar-refractivity contribution is -0.116. The maximum Gasteiger partial charge on any atom is 0.224 e. The zero-order valence-corrected chi connectivity index (χ0v) is 15.1. The van der Waals surface area contributed by atoms with Crippen molar-refractivity contribution >= 4 is 23.0 Å². The van der Waals surface area contributed by atoms with Crippen LogP contribution in [-0.4, -0.2) is 58.5 Å². The molecule has 0 unspecified atom stereocenters. The Morgan fingerprint density at radius 3 is 2.32 bits per heavy atom. The van der Waals surface area contributed by atoms with Gasteiger partial charge in [-0.25, -0.2) is 0 Å². The average molecular weight is 347 g/mol. The van der Waals surface area contributed by atoms with Crippen molar-refractivity contribution in [3.8, 4) is 0 Å². The van der Waals surface area contributed by atoms with E-state index in [1.54, 1.807) is 0 Å². The number of nitrogens with zero attached hydrogens (tertiary/aromatic N) is 2. The quantitative estimate of drug-likeness (QED) is 0.857. The third-order valence-electron chi connectivity index (χ3n) is 4.74. The van der Waals surface area contributed by atoms with E-state index < -0.39 is 0 Å². The van der Waals surface area contributed by atoms with Gasteiger partial charge < -0.3 is 24.6 Å². The molecule has 6 heteroatoms. The second-order valence-corrected chi connectivity index (χ2v) is 6.55. The second-order valence-electron chi connectivity index (χ2n) is 6.55. The molecule has 2 aliphatic heterocycles. The van der Waals surface area contributed by atoms with Crippen LogP contribution in [0, 0.1) is 0 Å². The number of ether oxygens (including phenoxy) is 2. The van der Waals surface area contributed by atoms with Gasteiger partial charge in [0.2, 0.25) is 5.91 Å². The van der Waals surface area contributed by atoms with Gasteiger partial charge in [-0.2, -0.15) is 0 Å². The zero-order valence-electron chi connectivity index (χ0n) is 15.1. The number of carbonyl (C=O) groups excluding carboxylic acids is 1. The molecule has 0 atom stereocenters. The Hall–Kier alpha value is -1.79. The third kappa shape index (κ3) is 4.86. The molecule has 25 heavy (non-hydrogen) atoms. The zero-order chi connectivity index (χ0) is 17.5. The second kappa shape index (κ2) is 9.06. The van der Waals surface area contributed by atoms with E-state index in [1.807, 2.05) is 6.07 Å². The van der Waals surface area contributed by atoms with Crippen LogP contribution in [0.25, 0.3) is 0 Å². The van der Waals surface area contributed by atoms with Gasteiger partial charge in [0.15, 0.2) is 0 Å². The summed E-state index contributed by atoms with van der Waals surface area (Å²) in [4.78, 5) is 16.9. The fourth-order valence-electron chi connectivity index (χ4n) is 3.26. The Labute approximate surface area is 150 Å². The van der Waals surface area contributed by atoms with Crippen molar-refractivity contribution in [3.05, 3.63) is 18.2 Å². The number of carbonyl (C=O) groups is 1. The molecule has 0 aliphatic carbocycles. The molecule has 0 aromatic heterocycles. The molecule has 1 aromatic carbocycles. The van der Waals surface area contributed by atoms with Gasteiger partial charge >= 0.3 is 0 Å². The van der Waals surface area contributed by atoms with Crippen LogP contribution in [-0.2, 0) is 14.3 Å². The molecule has 3 rings (SSSR count). The summed E-state index contributed by atoms with van der Waals surface area (Å²) in [6.45, 7) is 8.61. The summed E-state index contributed by atoms with van der Waals surface area (Å²) >= 11 is 0. The molecule has 0 radical (unpaired) electrons. The number of benzene rings is 1. The number of hydrogen-bond donors (Lipinski definition) is 1. The normalized spacial score (nSPS) is 18.3. The minimum Gasteiger partial charge on any atom is -0.378 e. The van der Waals surface area contributed by atoms with Crippen molar-refractivity contribution in [2.75, 3.05) is 67.7 Å². The summed E-state index contributed by atoms with van der Waals surface area (Å²) < 4.78 is 10.9. The van der Waals surface area contributed by atoms with Crippen molar-refractivity contribution < 1.29 is 14.3 Å². The van der Waals surface area contributed by atoms with Crippen molar-refractivity contribution in [2.24, 2.45) is 0 Å². The van der Waals surface area contributed by atoms with Gasteiger partial charge in [0.25, 0.3) is 0 Å². The molecular weight excluding hydrogens is 318 g/mol. The molecule has 1 aromatic rings. The number of anilines is 3. The standard InChI is InChI=1S/C19H29N3O3/c1-2-3-4-19(23)20-17-6-5-16(21-7-11-24-12-8-21)15-18(17)22-9-13-25-14-10-22/h5-6,15H,2-4,7-14H2,1H3,(H,20,23). The van der Waals surface area contributed by atoms with Gasteiger partial charge in [-0.3, -0.25) is 4.79 Å². The summed E-state index contributed by atoms with van der Waals surface area (Å²) in [5.74, 6) is 0.0930. The van der Waals surface area contributed by atoms with E-state index in [9.17, 15) is 4.79 Å². The van der Waals surface area contributed by atoms with Gasteiger partial charge in [0.05, 0.1) is 37.8 Å². The fourth-order valence-corrected chi connectivity index (χ4v) is 3.26. The summed E-state index contributed by atoms with van der Waals surface area (Å²) in [5.41, 5.74) is 3.19. The van der Waals surface area contributed by atoms with E-state index in [4.69, 9.17) is 9.47 Å². The molecule has 2 heterocycles. The molecule has 138 valence electrons. The lowest BCUT2D eigenvalue weighted by Gasteiger charge is -2.33. The first-order chi connectivity index (χ1) is 12.3. The number of rotatable bonds is 6. The van der Waals surface area contributed by atoms with Gasteiger partial charge in [-0.15, -0.1) is 0 Å². The predicted molar refractivity (Wildman–Crippen MR) is 101 cm³/mol. The molecule has 1 N–H and O–H groups in total. The van der Waals surface area contributed by atoms with Crippen LogP contribution >= 0.6 is 0 Å². The van der Waals surface area contributed by atoms with Crippen molar-refractivity contribution in [1.29, 1.82) is 0 Å². The number of hydrogen-bond acceptors (Lipinski definition) is 5. The van der Waals surface area contributed by atoms with E-state index in [0.717, 1.165) is 76.8 Å². The minimum absolute atomic E-state index is 0.0930. The number of nitrogens with one attached hydrogen (secondary N) is 1. The van der Waals surface area contributed by atoms with E-state index in [-0.39, 0.29) is 5.91 Å². The molecule has 2 aliphatic rings. The first-order valence-electron chi connectivity index (χ1n) is 9.37. The van der Waals surface area contributed by atoms with Crippen molar-refractivity contribution in [3.63, 3.8) is 0 Å². The Bertz CT molecular complexity index is 567. The van der Waals surface area contributed by atoms with E-state index in [2.05, 4.69) is 34.2 Å². The highest BCUT2D eigenvalue weighted by Crippen LogP contribution is 2.32. The van der Waals surface area contributed by atoms with Crippen LogP contribution < -0.4 is 15.1 Å². The van der Waals surface area contributed by atoms with Crippen LogP contribution in [0.5, 0.6) is 0 Å². The third-order valence-corrected chi connectivity index (χ3v) is 4.74. The lowest BCUT2D eigenvalue weighted by atomic mass is 10.1. The molecule has 0 bridgehead atoms. The van der Waals surface area contributed by atoms with E-state index in [0.29, 0.717) is 6.42 Å². The fraction of sp³-hybridized carbons (Fsp3) is 0.632. The van der Waals surface area contributed by atoms with E-state index >= 15 is 0 Å². The summed E-state index contributed by atoms with van der Waals surface area (Å²) in [6.07, 6.45) is 2.52. The smallest absolute Gasteiger partial charge is 0.224 e. The molecule has 0 saturated carbocycles. The van der Waals surface area contributed by atoms with Gasteiger partial charge in [0.1, 0.15) is 0 Å². The number of unbranched alkanes of at least 4 members (excludes halogenated alkanes) is 1. The highest BCUT2D eigenvalue weighted by molar-refractivity contribution is 5.95. The number of morpholine rings is 2. The minimum atomic E-state index is 0.0930. The van der Waals surface area contributed by atoms with Gasteiger partial charge in [0, 0.05) is 38.3 Å². The highest BCUT2D eigenvalue weighted by atomic mass is 16.5. The Balaban J connectivity index is 1.80. The predicted octanol–water partition coefficient (Wildman–Crippen LogP) is 2.49. The molecule has 1 amide bonds.